The van der Waals surface area contributed by atoms with Crippen molar-refractivity contribution in [3.63, 3.8) is 0 Å². The fourth-order valence-corrected chi connectivity index (χ4v) is 4.13. The van der Waals surface area contributed by atoms with Crippen LogP contribution in [0.5, 0.6) is 0 Å². The number of anilines is 1. The number of hydrogen-bond acceptors (Lipinski definition) is 6. The van der Waals surface area contributed by atoms with Gasteiger partial charge in [0.1, 0.15) is 11.6 Å². The molecule has 6 nitrogen and oxygen atoms in total. The Morgan fingerprint density at radius 2 is 1.81 bits per heavy atom. The molecule has 0 amide bonds. The lowest BCUT2D eigenvalue weighted by Crippen LogP contribution is -2.47. The molecule has 27 heavy (non-hydrogen) atoms. The zero-order chi connectivity index (χ0) is 18.4. The van der Waals surface area contributed by atoms with Crippen molar-refractivity contribution in [2.45, 2.75) is 37.8 Å². The Morgan fingerprint density at radius 3 is 2.63 bits per heavy atom. The van der Waals surface area contributed by atoms with Crippen LogP contribution in [0.4, 0.5) is 14.6 Å². The minimum Gasteiger partial charge on any atom is -0.346 e. The molecule has 136 valence electrons. The summed E-state index contributed by atoms with van der Waals surface area (Å²) >= 11 is 0. The molecule has 0 unspecified atom stereocenters. The highest BCUT2D eigenvalue weighted by Crippen LogP contribution is 2.43. The first-order valence-electron chi connectivity index (χ1n) is 8.93. The second-order valence-corrected chi connectivity index (χ2v) is 6.85. The minimum atomic E-state index is -0.804. The normalized spacial score (nSPS) is 21.0. The van der Waals surface area contributed by atoms with E-state index in [1.165, 1.54) is 6.07 Å². The van der Waals surface area contributed by atoms with Gasteiger partial charge < -0.3 is 4.90 Å². The summed E-state index contributed by atoms with van der Waals surface area (Å²) in [4.78, 5) is 23.5. The summed E-state index contributed by atoms with van der Waals surface area (Å²) in [5, 5.41) is 0. The number of fused-ring (bicyclic) bond motifs is 4. The fraction of sp³-hybridized carbons (Fsp3) is 0.316. The molecule has 5 rings (SSSR count). The molecule has 0 aliphatic carbocycles. The third kappa shape index (κ3) is 2.81. The lowest BCUT2D eigenvalue weighted by Gasteiger charge is -2.47. The van der Waals surface area contributed by atoms with E-state index in [1.807, 2.05) is 4.90 Å². The van der Waals surface area contributed by atoms with E-state index >= 15 is 0 Å². The van der Waals surface area contributed by atoms with E-state index in [1.54, 1.807) is 24.7 Å². The minimum absolute atomic E-state index is 0.0352. The summed E-state index contributed by atoms with van der Waals surface area (Å²) < 4.78 is 27.4. The fourth-order valence-electron chi connectivity index (χ4n) is 4.13. The van der Waals surface area contributed by atoms with Crippen molar-refractivity contribution < 1.29 is 8.78 Å². The average Bonchev–Trinajstić information content (AvgIpc) is 2.67. The van der Waals surface area contributed by atoms with Crippen LogP contribution in [0.25, 0.3) is 11.6 Å². The van der Waals surface area contributed by atoms with E-state index in [0.29, 0.717) is 23.9 Å². The Hall–Kier alpha value is -3.03. The first-order valence-corrected chi connectivity index (χ1v) is 8.93. The SMILES string of the molecule is Fc1cc(F)nc(N2[C@H]3CCC[C@@H]2c2cnc(-c4ncccn4)nc2C3)c1. The molecule has 0 aromatic carbocycles. The Balaban J connectivity index is 1.57. The van der Waals surface area contributed by atoms with Crippen molar-refractivity contribution in [1.82, 2.24) is 24.9 Å². The highest BCUT2D eigenvalue weighted by molar-refractivity contribution is 5.51. The van der Waals surface area contributed by atoms with Crippen molar-refractivity contribution in [2.24, 2.45) is 0 Å². The molecule has 2 atom stereocenters. The number of halogens is 2. The molecule has 1 fully saturated rings. The largest absolute Gasteiger partial charge is 0.346 e. The number of pyridine rings is 1. The highest BCUT2D eigenvalue weighted by atomic mass is 19.1. The number of aromatic nitrogens is 5. The summed E-state index contributed by atoms with van der Waals surface area (Å²) in [6.07, 6.45) is 8.63. The molecular formula is C19H16F2N6. The van der Waals surface area contributed by atoms with E-state index in [-0.39, 0.29) is 12.1 Å². The van der Waals surface area contributed by atoms with Gasteiger partial charge in [0.2, 0.25) is 5.95 Å². The number of piperidine rings is 1. The quantitative estimate of drug-likeness (QED) is 0.649. The lowest BCUT2D eigenvalue weighted by atomic mass is 9.82. The van der Waals surface area contributed by atoms with Crippen LogP contribution in [-0.4, -0.2) is 31.0 Å². The molecule has 5 heterocycles. The van der Waals surface area contributed by atoms with Crippen molar-refractivity contribution in [1.29, 1.82) is 0 Å². The van der Waals surface area contributed by atoms with E-state index in [4.69, 9.17) is 4.98 Å². The Morgan fingerprint density at radius 1 is 0.963 bits per heavy atom. The van der Waals surface area contributed by atoms with E-state index in [0.717, 1.165) is 36.6 Å². The molecule has 1 saturated heterocycles. The molecule has 8 heteroatoms. The van der Waals surface area contributed by atoms with Crippen LogP contribution < -0.4 is 4.90 Å². The summed E-state index contributed by atoms with van der Waals surface area (Å²) in [7, 11) is 0. The maximum absolute atomic E-state index is 13.8. The van der Waals surface area contributed by atoms with Crippen molar-refractivity contribution in [2.75, 3.05) is 4.90 Å². The van der Waals surface area contributed by atoms with Gasteiger partial charge in [-0.15, -0.1) is 0 Å². The number of rotatable bonds is 2. The standard InChI is InChI=1S/C19H16F2N6/c20-11-7-16(21)26-17(8-11)27-12-3-1-4-15(27)13-10-24-19(25-14(13)9-12)18-22-5-2-6-23-18/h2,5-8,10,12,15H,1,3-4,9H2/t12-,15+/m0/s1. The van der Waals surface area contributed by atoms with E-state index in [2.05, 4.69) is 19.9 Å². The van der Waals surface area contributed by atoms with Gasteiger partial charge in [-0.1, -0.05) is 0 Å². The van der Waals surface area contributed by atoms with E-state index in [9.17, 15) is 8.78 Å². The number of hydrogen-bond donors (Lipinski definition) is 0. The molecule has 2 aliphatic rings. The summed E-state index contributed by atoms with van der Waals surface area (Å²) in [5.41, 5.74) is 1.94. The van der Waals surface area contributed by atoms with E-state index < -0.39 is 11.8 Å². The van der Waals surface area contributed by atoms with Crippen molar-refractivity contribution >= 4 is 5.82 Å². The summed E-state index contributed by atoms with van der Waals surface area (Å²) in [5.74, 6) is -0.100. The van der Waals surface area contributed by atoms with Gasteiger partial charge in [-0.2, -0.15) is 4.39 Å². The predicted molar refractivity (Wildman–Crippen MR) is 93.8 cm³/mol. The molecule has 3 aromatic rings. The van der Waals surface area contributed by atoms with Crippen LogP contribution in [0.2, 0.25) is 0 Å². The van der Waals surface area contributed by atoms with Gasteiger partial charge >= 0.3 is 0 Å². The van der Waals surface area contributed by atoms with Gasteiger partial charge in [0.15, 0.2) is 11.6 Å². The van der Waals surface area contributed by atoms with Gasteiger partial charge in [-0.25, -0.2) is 29.3 Å². The molecule has 0 spiro atoms. The highest BCUT2D eigenvalue weighted by Gasteiger charge is 2.39. The molecule has 0 N–H and O–H groups in total. The smallest absolute Gasteiger partial charge is 0.217 e. The maximum atomic E-state index is 13.8. The van der Waals surface area contributed by atoms with Crippen molar-refractivity contribution in [3.8, 4) is 11.6 Å². The lowest BCUT2D eigenvalue weighted by molar-refractivity contribution is 0.352. The van der Waals surface area contributed by atoms with Gasteiger partial charge in [-0.05, 0) is 25.3 Å². The Labute approximate surface area is 154 Å². The van der Waals surface area contributed by atoms with Crippen LogP contribution >= 0.6 is 0 Å². The first kappa shape index (κ1) is 16.2. The summed E-state index contributed by atoms with van der Waals surface area (Å²) in [6, 6.07) is 3.91. The second kappa shape index (κ2) is 6.29. The van der Waals surface area contributed by atoms with Crippen molar-refractivity contribution in [3.05, 3.63) is 59.8 Å². The van der Waals surface area contributed by atoms with Gasteiger partial charge in [0.05, 0.1) is 11.7 Å². The zero-order valence-corrected chi connectivity index (χ0v) is 14.4. The van der Waals surface area contributed by atoms with Crippen LogP contribution in [-0.2, 0) is 6.42 Å². The third-order valence-electron chi connectivity index (χ3n) is 5.21. The molecule has 0 radical (unpaired) electrons. The topological polar surface area (TPSA) is 67.7 Å². The monoisotopic (exact) mass is 366 g/mol. The first-order chi connectivity index (χ1) is 13.2. The molecule has 2 bridgehead atoms. The average molecular weight is 366 g/mol. The Bertz CT molecular complexity index is 976. The van der Waals surface area contributed by atoms with Gasteiger partial charge in [0.25, 0.3) is 0 Å². The van der Waals surface area contributed by atoms with Gasteiger partial charge in [-0.3, -0.25) is 0 Å². The van der Waals surface area contributed by atoms with Crippen LogP contribution in [0.3, 0.4) is 0 Å². The molecule has 0 saturated carbocycles. The van der Waals surface area contributed by atoms with Gasteiger partial charge in [0, 0.05) is 48.7 Å². The Kier molecular flexibility index (Phi) is 3.77. The van der Waals surface area contributed by atoms with Crippen LogP contribution in [0.15, 0.2) is 36.8 Å². The third-order valence-corrected chi connectivity index (χ3v) is 5.21. The predicted octanol–water partition coefficient (Wildman–Crippen LogP) is 3.26. The number of nitrogens with zero attached hydrogens (tertiary/aromatic N) is 6. The summed E-state index contributed by atoms with van der Waals surface area (Å²) in [6.45, 7) is 0. The second-order valence-electron chi connectivity index (χ2n) is 6.85. The van der Waals surface area contributed by atoms with Crippen LogP contribution in [0.1, 0.15) is 36.6 Å². The molecular weight excluding hydrogens is 350 g/mol. The molecule has 2 aliphatic heterocycles. The van der Waals surface area contributed by atoms with Crippen LogP contribution in [0, 0.1) is 11.8 Å². The zero-order valence-electron chi connectivity index (χ0n) is 14.4. The molecule has 3 aromatic heterocycles. The maximum Gasteiger partial charge on any atom is 0.217 e.